The molecule has 0 radical (unpaired) electrons. The van der Waals surface area contributed by atoms with Crippen molar-refractivity contribution in [2.45, 2.75) is 65.1 Å². The van der Waals surface area contributed by atoms with E-state index in [1.165, 1.54) is 19.3 Å². The van der Waals surface area contributed by atoms with Crippen LogP contribution in [-0.2, 0) is 0 Å². The molecular weight excluding hydrogens is 318 g/mol. The van der Waals surface area contributed by atoms with Crippen molar-refractivity contribution in [2.24, 2.45) is 22.1 Å². The normalized spacial score (nSPS) is 31.3. The molecule has 4 unspecified atom stereocenters. The van der Waals surface area contributed by atoms with Gasteiger partial charge < -0.3 is 5.32 Å². The average Bonchev–Trinajstić information content (AvgIpc) is 2.63. The fourth-order valence-electron chi connectivity index (χ4n) is 3.66. The summed E-state index contributed by atoms with van der Waals surface area (Å²) in [6, 6.07) is 0.852. The molecule has 26 heavy (non-hydrogen) atoms. The van der Waals surface area contributed by atoms with Gasteiger partial charge in [-0.25, -0.2) is 0 Å². The topological polar surface area (TPSA) is 36.8 Å². The van der Waals surface area contributed by atoms with E-state index >= 15 is 0 Å². The zero-order valence-electron chi connectivity index (χ0n) is 16.4. The molecule has 0 saturated carbocycles. The van der Waals surface area contributed by atoms with E-state index in [2.05, 4.69) is 72.4 Å². The van der Waals surface area contributed by atoms with Crippen LogP contribution in [0.4, 0.5) is 0 Å². The van der Waals surface area contributed by atoms with E-state index in [4.69, 9.17) is 0 Å². The van der Waals surface area contributed by atoms with Crippen molar-refractivity contribution in [1.29, 1.82) is 0 Å². The van der Waals surface area contributed by atoms with E-state index < -0.39 is 0 Å². The van der Waals surface area contributed by atoms with E-state index in [9.17, 15) is 0 Å². The zero-order valence-corrected chi connectivity index (χ0v) is 16.4. The third-order valence-corrected chi connectivity index (χ3v) is 5.35. The Hall–Kier alpha value is -1.96. The summed E-state index contributed by atoms with van der Waals surface area (Å²) in [5, 5.41) is 12.6. The van der Waals surface area contributed by atoms with Gasteiger partial charge in [0.1, 0.15) is 6.04 Å². The van der Waals surface area contributed by atoms with Crippen molar-refractivity contribution in [3.05, 3.63) is 65.1 Å². The smallest absolute Gasteiger partial charge is 0.115 e. The van der Waals surface area contributed by atoms with Gasteiger partial charge in [0.15, 0.2) is 0 Å². The van der Waals surface area contributed by atoms with Crippen molar-refractivity contribution in [1.82, 2.24) is 5.32 Å². The standard InChI is InChI=1S/C23H31N3/c1-16(2)19-6-5-7-21(15-19)24-23-13-12-22(14-18(23)4)26-25-20-10-8-17(3)9-11-20/h8,10-16,18,20-21,23-24H,5-7H2,1-4H3. The third kappa shape index (κ3) is 5.03. The van der Waals surface area contributed by atoms with Crippen molar-refractivity contribution in [3.8, 4) is 0 Å². The number of nitrogens with zero attached hydrogens (tertiary/aromatic N) is 2. The van der Waals surface area contributed by atoms with Crippen LogP contribution in [0.15, 0.2) is 75.3 Å². The number of azo groups is 1. The van der Waals surface area contributed by atoms with E-state index in [-0.39, 0.29) is 6.04 Å². The minimum atomic E-state index is 0.000912. The summed E-state index contributed by atoms with van der Waals surface area (Å²) in [7, 11) is 0. The van der Waals surface area contributed by atoms with Crippen molar-refractivity contribution in [3.63, 3.8) is 0 Å². The Morgan fingerprint density at radius 2 is 2.04 bits per heavy atom. The van der Waals surface area contributed by atoms with Gasteiger partial charge in [-0.1, -0.05) is 56.7 Å². The first-order valence-corrected chi connectivity index (χ1v) is 9.90. The molecule has 0 bridgehead atoms. The molecule has 0 saturated heterocycles. The number of hydrogen-bond donors (Lipinski definition) is 1. The second kappa shape index (κ2) is 8.62. The van der Waals surface area contributed by atoms with Gasteiger partial charge in [0.05, 0.1) is 5.70 Å². The number of rotatable bonds is 5. The van der Waals surface area contributed by atoms with E-state index in [0.717, 1.165) is 11.3 Å². The molecule has 0 fully saturated rings. The molecule has 138 valence electrons. The minimum absolute atomic E-state index is 0.000912. The van der Waals surface area contributed by atoms with Crippen LogP contribution in [0.5, 0.6) is 0 Å². The maximum absolute atomic E-state index is 4.43. The second-order valence-corrected chi connectivity index (χ2v) is 7.96. The fourth-order valence-corrected chi connectivity index (χ4v) is 3.66. The van der Waals surface area contributed by atoms with Gasteiger partial charge in [0.2, 0.25) is 0 Å². The Morgan fingerprint density at radius 3 is 2.73 bits per heavy atom. The van der Waals surface area contributed by atoms with E-state index in [1.807, 2.05) is 19.1 Å². The summed E-state index contributed by atoms with van der Waals surface area (Å²) in [5.41, 5.74) is 6.87. The Labute approximate surface area is 158 Å². The molecule has 1 N–H and O–H groups in total. The zero-order chi connectivity index (χ0) is 18.5. The van der Waals surface area contributed by atoms with Gasteiger partial charge in [-0.05, 0) is 55.7 Å². The highest BCUT2D eigenvalue weighted by molar-refractivity contribution is 5.28. The first-order chi connectivity index (χ1) is 12.5. The highest BCUT2D eigenvalue weighted by Crippen LogP contribution is 2.26. The lowest BCUT2D eigenvalue weighted by Crippen LogP contribution is -2.41. The molecule has 3 aliphatic rings. The molecule has 0 spiro atoms. The number of allylic oxidation sites excluding steroid dienone is 3. The molecule has 3 rings (SSSR count). The van der Waals surface area contributed by atoms with Crippen LogP contribution in [0, 0.1) is 11.8 Å². The maximum atomic E-state index is 4.43. The van der Waals surface area contributed by atoms with Gasteiger partial charge in [0.25, 0.3) is 0 Å². The molecule has 3 heteroatoms. The lowest BCUT2D eigenvalue weighted by atomic mass is 9.87. The molecule has 0 aliphatic heterocycles. The van der Waals surface area contributed by atoms with Crippen LogP contribution < -0.4 is 5.32 Å². The Balaban J connectivity index is 1.58. The molecule has 0 aromatic carbocycles. The van der Waals surface area contributed by atoms with E-state index in [0.29, 0.717) is 23.9 Å². The monoisotopic (exact) mass is 349 g/mol. The fraction of sp³-hybridized carbons (Fsp3) is 0.522. The average molecular weight is 350 g/mol. The van der Waals surface area contributed by atoms with Gasteiger partial charge in [-0.15, -0.1) is 5.73 Å². The van der Waals surface area contributed by atoms with Crippen LogP contribution in [0.25, 0.3) is 0 Å². The number of nitrogens with one attached hydrogen (secondary N) is 1. The Kier molecular flexibility index (Phi) is 6.24. The molecule has 3 aliphatic carbocycles. The summed E-state index contributed by atoms with van der Waals surface area (Å²) in [6.07, 6.45) is 18.9. The van der Waals surface area contributed by atoms with Crippen molar-refractivity contribution in [2.75, 3.05) is 0 Å². The van der Waals surface area contributed by atoms with Crippen molar-refractivity contribution >= 4 is 0 Å². The highest BCUT2D eigenvalue weighted by atomic mass is 15.1. The van der Waals surface area contributed by atoms with Crippen LogP contribution in [0.3, 0.4) is 0 Å². The molecule has 0 amide bonds. The van der Waals surface area contributed by atoms with Crippen molar-refractivity contribution < 1.29 is 0 Å². The molecule has 0 heterocycles. The van der Waals surface area contributed by atoms with Crippen LogP contribution in [-0.4, -0.2) is 18.1 Å². The van der Waals surface area contributed by atoms with Crippen LogP contribution >= 0.6 is 0 Å². The molecule has 0 aromatic heterocycles. The Bertz CT molecular complexity index is 727. The first-order valence-electron chi connectivity index (χ1n) is 9.90. The molecule has 4 atom stereocenters. The lowest BCUT2D eigenvalue weighted by Gasteiger charge is -2.30. The molecule has 0 aromatic rings. The second-order valence-electron chi connectivity index (χ2n) is 7.96. The van der Waals surface area contributed by atoms with Gasteiger partial charge in [-0.2, -0.15) is 10.2 Å². The predicted molar refractivity (Wildman–Crippen MR) is 109 cm³/mol. The largest absolute Gasteiger partial charge is 0.304 e. The van der Waals surface area contributed by atoms with Crippen LogP contribution in [0.2, 0.25) is 0 Å². The maximum Gasteiger partial charge on any atom is 0.115 e. The predicted octanol–water partition coefficient (Wildman–Crippen LogP) is 5.66. The third-order valence-electron chi connectivity index (χ3n) is 5.35. The number of hydrogen-bond acceptors (Lipinski definition) is 3. The first kappa shape index (κ1) is 18.8. The van der Waals surface area contributed by atoms with Gasteiger partial charge in [0, 0.05) is 12.1 Å². The summed E-state index contributed by atoms with van der Waals surface area (Å²) in [4.78, 5) is 0. The molecular formula is C23H31N3. The summed E-state index contributed by atoms with van der Waals surface area (Å²) >= 11 is 0. The van der Waals surface area contributed by atoms with Crippen LogP contribution in [0.1, 0.15) is 47.0 Å². The quantitative estimate of drug-likeness (QED) is 0.388. The SMILES string of the molecule is CC1=C=CC(N=NC2=CC(C)C(NC3C=C(C(C)C)CCC3)C=C2)C=C1. The van der Waals surface area contributed by atoms with Gasteiger partial charge >= 0.3 is 0 Å². The Morgan fingerprint density at radius 1 is 1.19 bits per heavy atom. The summed E-state index contributed by atoms with van der Waals surface area (Å²) in [6.45, 7) is 8.88. The minimum Gasteiger partial charge on any atom is -0.304 e. The highest BCUT2D eigenvalue weighted by Gasteiger charge is 2.22. The lowest BCUT2D eigenvalue weighted by molar-refractivity contribution is 0.418. The summed E-state index contributed by atoms with van der Waals surface area (Å²) in [5.74, 6) is 1.07. The summed E-state index contributed by atoms with van der Waals surface area (Å²) < 4.78 is 0. The molecule has 3 nitrogen and oxygen atoms in total. The van der Waals surface area contributed by atoms with E-state index in [1.54, 1.807) is 5.57 Å². The van der Waals surface area contributed by atoms with Gasteiger partial charge in [-0.3, -0.25) is 0 Å².